The molecule has 0 saturated carbocycles. The van der Waals surface area contributed by atoms with Crippen LogP contribution in [0, 0.1) is 13.8 Å². The van der Waals surface area contributed by atoms with Crippen molar-refractivity contribution in [2.45, 2.75) is 46.6 Å². The van der Waals surface area contributed by atoms with Crippen molar-refractivity contribution in [2.75, 3.05) is 6.54 Å². The van der Waals surface area contributed by atoms with E-state index in [0.29, 0.717) is 31.4 Å². The molecule has 1 atom stereocenters. The smallest absolute Gasteiger partial charge is 0.260 e. The molecule has 5 nitrogen and oxygen atoms in total. The molecule has 0 radical (unpaired) electrons. The van der Waals surface area contributed by atoms with E-state index in [4.69, 9.17) is 0 Å². The zero-order chi connectivity index (χ0) is 16.7. The number of imide groups is 1. The Kier molecular flexibility index (Phi) is 6.76. The molecule has 1 aromatic carbocycles. The van der Waals surface area contributed by atoms with Crippen molar-refractivity contribution in [3.8, 4) is 0 Å². The summed E-state index contributed by atoms with van der Waals surface area (Å²) in [6.45, 7) is 8.13. The van der Waals surface area contributed by atoms with E-state index in [9.17, 15) is 14.4 Å². The lowest BCUT2D eigenvalue weighted by atomic mass is 10.0. The van der Waals surface area contributed by atoms with E-state index in [2.05, 4.69) is 5.32 Å². The summed E-state index contributed by atoms with van der Waals surface area (Å²) in [7, 11) is 0. The quantitative estimate of drug-likeness (QED) is 0.871. The van der Waals surface area contributed by atoms with Gasteiger partial charge in [0.25, 0.3) is 5.91 Å². The summed E-state index contributed by atoms with van der Waals surface area (Å²) in [5, 5.41) is 2.69. The first-order chi connectivity index (χ1) is 10.5. The summed E-state index contributed by atoms with van der Waals surface area (Å²) in [6.07, 6.45) is 1.42. The highest BCUT2D eigenvalue weighted by Gasteiger charge is 2.28. The maximum absolute atomic E-state index is 12.5. The van der Waals surface area contributed by atoms with Gasteiger partial charge in [0.15, 0.2) is 0 Å². The summed E-state index contributed by atoms with van der Waals surface area (Å²) in [5.41, 5.74) is 2.43. The monoisotopic (exact) mass is 304 g/mol. The first kappa shape index (κ1) is 17.9. The first-order valence-electron chi connectivity index (χ1n) is 7.65. The molecule has 1 aromatic rings. The van der Waals surface area contributed by atoms with Gasteiger partial charge in [0, 0.05) is 18.5 Å². The number of amides is 3. The summed E-state index contributed by atoms with van der Waals surface area (Å²) in [5.74, 6) is -0.339. The first-order valence-corrected chi connectivity index (χ1v) is 7.65. The molecule has 0 spiro atoms. The number of hydrogen-bond donors (Lipinski definition) is 1. The largest absolute Gasteiger partial charge is 0.354 e. The summed E-state index contributed by atoms with van der Waals surface area (Å²) in [4.78, 5) is 36.2. The van der Waals surface area contributed by atoms with Gasteiger partial charge in [-0.2, -0.15) is 0 Å². The van der Waals surface area contributed by atoms with E-state index in [1.165, 1.54) is 4.90 Å². The number of nitrogens with one attached hydrogen (secondary N) is 1. The van der Waals surface area contributed by atoms with Crippen LogP contribution in [-0.2, 0) is 9.59 Å². The predicted octanol–water partition coefficient (Wildman–Crippen LogP) is 2.21. The lowest BCUT2D eigenvalue weighted by Gasteiger charge is -2.30. The van der Waals surface area contributed by atoms with Gasteiger partial charge >= 0.3 is 0 Å². The summed E-state index contributed by atoms with van der Waals surface area (Å²) >= 11 is 0. The van der Waals surface area contributed by atoms with Crippen molar-refractivity contribution in [1.29, 1.82) is 0 Å². The van der Waals surface area contributed by atoms with Gasteiger partial charge < -0.3 is 5.32 Å². The van der Waals surface area contributed by atoms with Gasteiger partial charge in [0.1, 0.15) is 0 Å². The van der Waals surface area contributed by atoms with Gasteiger partial charge in [0.2, 0.25) is 12.3 Å². The molecular formula is C17H24N2O3. The fourth-order valence-electron chi connectivity index (χ4n) is 2.38. The van der Waals surface area contributed by atoms with E-state index in [1.807, 2.05) is 33.8 Å². The number of carbonyl (C=O) groups is 3. The third-order valence-corrected chi connectivity index (χ3v) is 3.82. The van der Waals surface area contributed by atoms with Crippen molar-refractivity contribution in [3.63, 3.8) is 0 Å². The number of carbonyl (C=O) groups excluding carboxylic acids is 3. The van der Waals surface area contributed by atoms with Crippen LogP contribution in [0.4, 0.5) is 0 Å². The Labute approximate surface area is 131 Å². The van der Waals surface area contributed by atoms with E-state index in [0.717, 1.165) is 11.1 Å². The van der Waals surface area contributed by atoms with Gasteiger partial charge in [0.05, 0.1) is 6.04 Å². The summed E-state index contributed by atoms with van der Waals surface area (Å²) < 4.78 is 0. The molecule has 1 unspecified atom stereocenters. The standard InChI is InChI=1S/C15H18N2O3.C2H6/c1-10-4-3-5-13(11(10)2)15(20)17(9-18)12-6-7-14(19)16-8-12;1-2/h3-5,9,12H,6-8H2,1-2H3,(H,16,19);1-2H3. The molecule has 2 rings (SSSR count). The second kappa shape index (κ2) is 8.32. The van der Waals surface area contributed by atoms with Crippen LogP contribution in [0.1, 0.15) is 48.2 Å². The number of benzene rings is 1. The number of aryl methyl sites for hydroxylation is 1. The van der Waals surface area contributed by atoms with Crippen molar-refractivity contribution in [3.05, 3.63) is 34.9 Å². The molecule has 22 heavy (non-hydrogen) atoms. The zero-order valence-electron chi connectivity index (χ0n) is 13.7. The fourth-order valence-corrected chi connectivity index (χ4v) is 2.38. The van der Waals surface area contributed by atoms with E-state index >= 15 is 0 Å². The van der Waals surface area contributed by atoms with Crippen molar-refractivity contribution in [1.82, 2.24) is 10.2 Å². The topological polar surface area (TPSA) is 66.5 Å². The molecule has 120 valence electrons. The van der Waals surface area contributed by atoms with Crippen LogP contribution in [0.2, 0.25) is 0 Å². The van der Waals surface area contributed by atoms with E-state index in [-0.39, 0.29) is 17.9 Å². The van der Waals surface area contributed by atoms with Gasteiger partial charge in [-0.3, -0.25) is 19.3 Å². The lowest BCUT2D eigenvalue weighted by molar-refractivity contribution is -0.125. The van der Waals surface area contributed by atoms with Gasteiger partial charge in [-0.1, -0.05) is 26.0 Å². The Hall–Kier alpha value is -2.17. The Balaban J connectivity index is 0.00000116. The number of piperidine rings is 1. The molecule has 5 heteroatoms. The second-order valence-corrected chi connectivity index (χ2v) is 5.06. The van der Waals surface area contributed by atoms with Crippen LogP contribution in [0.15, 0.2) is 18.2 Å². The molecule has 1 N–H and O–H groups in total. The molecular weight excluding hydrogens is 280 g/mol. The molecule has 1 heterocycles. The molecule has 0 aliphatic carbocycles. The Morgan fingerprint density at radius 2 is 2.00 bits per heavy atom. The molecule has 1 aliphatic heterocycles. The minimum atomic E-state index is -0.303. The molecule has 1 saturated heterocycles. The highest BCUT2D eigenvalue weighted by atomic mass is 16.2. The number of nitrogens with zero attached hydrogens (tertiary/aromatic N) is 1. The molecule has 1 fully saturated rings. The van der Waals surface area contributed by atoms with E-state index < -0.39 is 0 Å². The Morgan fingerprint density at radius 1 is 1.32 bits per heavy atom. The Morgan fingerprint density at radius 3 is 2.55 bits per heavy atom. The molecule has 0 bridgehead atoms. The van der Waals surface area contributed by atoms with Crippen LogP contribution in [0.25, 0.3) is 0 Å². The van der Waals surface area contributed by atoms with Crippen molar-refractivity contribution in [2.24, 2.45) is 0 Å². The predicted molar refractivity (Wildman–Crippen MR) is 85.5 cm³/mol. The minimum Gasteiger partial charge on any atom is -0.354 e. The summed E-state index contributed by atoms with van der Waals surface area (Å²) in [6, 6.07) is 5.19. The zero-order valence-corrected chi connectivity index (χ0v) is 13.7. The van der Waals surface area contributed by atoms with Crippen LogP contribution < -0.4 is 5.32 Å². The maximum atomic E-state index is 12.5. The minimum absolute atomic E-state index is 0.0358. The average Bonchev–Trinajstić information content (AvgIpc) is 2.54. The average molecular weight is 304 g/mol. The maximum Gasteiger partial charge on any atom is 0.260 e. The third-order valence-electron chi connectivity index (χ3n) is 3.82. The van der Waals surface area contributed by atoms with Crippen molar-refractivity contribution < 1.29 is 14.4 Å². The van der Waals surface area contributed by atoms with Gasteiger partial charge in [-0.05, 0) is 37.5 Å². The van der Waals surface area contributed by atoms with Crippen LogP contribution in [0.3, 0.4) is 0 Å². The normalized spacial score (nSPS) is 16.9. The SMILES string of the molecule is CC.Cc1cccc(C(=O)N(C=O)C2CCC(=O)NC2)c1C. The van der Waals surface area contributed by atoms with Crippen LogP contribution in [-0.4, -0.2) is 35.7 Å². The third kappa shape index (κ3) is 3.93. The molecule has 0 aromatic heterocycles. The highest BCUT2D eigenvalue weighted by Crippen LogP contribution is 2.18. The van der Waals surface area contributed by atoms with E-state index in [1.54, 1.807) is 12.1 Å². The van der Waals surface area contributed by atoms with Crippen LogP contribution >= 0.6 is 0 Å². The number of hydrogen-bond acceptors (Lipinski definition) is 3. The number of rotatable bonds is 3. The van der Waals surface area contributed by atoms with Gasteiger partial charge in [-0.15, -0.1) is 0 Å². The highest BCUT2D eigenvalue weighted by molar-refractivity contribution is 6.01. The molecule has 3 amide bonds. The second-order valence-electron chi connectivity index (χ2n) is 5.06. The van der Waals surface area contributed by atoms with Gasteiger partial charge in [-0.25, -0.2) is 0 Å². The van der Waals surface area contributed by atoms with Crippen LogP contribution in [0.5, 0.6) is 0 Å². The molecule has 1 aliphatic rings. The Bertz CT molecular complexity index is 545. The van der Waals surface area contributed by atoms with Crippen molar-refractivity contribution >= 4 is 18.2 Å². The fraction of sp³-hybridized carbons (Fsp3) is 0.471. The lowest BCUT2D eigenvalue weighted by Crippen LogP contribution is -2.49.